The van der Waals surface area contributed by atoms with Crippen LogP contribution in [0.4, 0.5) is 5.69 Å². The number of hydrogen-bond acceptors (Lipinski definition) is 4. The number of hydrogen-bond donors (Lipinski definition) is 1. The molecule has 0 fully saturated rings. The summed E-state index contributed by atoms with van der Waals surface area (Å²) in [5, 5.41) is 3.63. The average Bonchev–Trinajstić information content (AvgIpc) is 2.92. The van der Waals surface area contributed by atoms with Crippen LogP contribution in [0, 0.1) is 6.92 Å². The Morgan fingerprint density at radius 2 is 1.64 bits per heavy atom. The van der Waals surface area contributed by atoms with Crippen LogP contribution in [0.3, 0.4) is 0 Å². The van der Waals surface area contributed by atoms with Gasteiger partial charge >= 0.3 is 0 Å². The van der Waals surface area contributed by atoms with Crippen LogP contribution in [-0.2, 0) is 26.2 Å². The third kappa shape index (κ3) is 7.75. The number of amides is 2. The van der Waals surface area contributed by atoms with Gasteiger partial charge in [0.05, 0.1) is 10.6 Å². The Morgan fingerprint density at radius 1 is 0.974 bits per heavy atom. The number of aryl methyl sites for hydroxylation is 1. The summed E-state index contributed by atoms with van der Waals surface area (Å²) < 4.78 is 28.8. The van der Waals surface area contributed by atoms with Gasteiger partial charge in [0.2, 0.25) is 11.8 Å². The predicted octanol–water partition coefficient (Wildman–Crippen LogP) is 5.83. The molecule has 2 amide bonds. The van der Waals surface area contributed by atoms with Gasteiger partial charge in [-0.3, -0.25) is 13.9 Å². The van der Waals surface area contributed by atoms with E-state index in [2.05, 4.69) is 5.32 Å². The van der Waals surface area contributed by atoms with Gasteiger partial charge in [-0.25, -0.2) is 8.42 Å². The molecule has 0 aliphatic heterocycles. The largest absolute Gasteiger partial charge is 0.354 e. The number of benzene rings is 3. The minimum absolute atomic E-state index is 0.0224. The first-order chi connectivity index (χ1) is 18.6. The fourth-order valence-corrected chi connectivity index (χ4v) is 5.87. The van der Waals surface area contributed by atoms with Gasteiger partial charge in [-0.05, 0) is 61.7 Å². The molecule has 1 atom stereocenters. The number of nitrogens with zero attached hydrogens (tertiary/aromatic N) is 2. The molecule has 0 aliphatic carbocycles. The lowest BCUT2D eigenvalue weighted by molar-refractivity contribution is -0.139. The van der Waals surface area contributed by atoms with Gasteiger partial charge in [0, 0.05) is 23.1 Å². The lowest BCUT2D eigenvalue weighted by Gasteiger charge is -2.32. The van der Waals surface area contributed by atoms with Crippen molar-refractivity contribution in [3.05, 3.63) is 94.0 Å². The summed E-state index contributed by atoms with van der Waals surface area (Å²) in [6.07, 6.45) is 1.70. The maximum atomic E-state index is 14.0. The predicted molar refractivity (Wildman–Crippen MR) is 157 cm³/mol. The molecule has 39 heavy (non-hydrogen) atoms. The monoisotopic (exact) mass is 589 g/mol. The molecule has 0 saturated carbocycles. The van der Waals surface area contributed by atoms with Crippen molar-refractivity contribution in [2.75, 3.05) is 17.4 Å². The first-order valence-corrected chi connectivity index (χ1v) is 14.9. The summed E-state index contributed by atoms with van der Waals surface area (Å²) >= 11 is 12.6. The molecule has 7 nitrogen and oxygen atoms in total. The number of rotatable bonds is 12. The highest BCUT2D eigenvalue weighted by atomic mass is 35.5. The molecule has 0 bridgehead atoms. The third-order valence-corrected chi connectivity index (χ3v) is 8.72. The van der Waals surface area contributed by atoms with Crippen LogP contribution < -0.4 is 9.62 Å². The van der Waals surface area contributed by atoms with Gasteiger partial charge in [0.15, 0.2) is 0 Å². The Morgan fingerprint density at radius 3 is 2.31 bits per heavy atom. The van der Waals surface area contributed by atoms with E-state index in [1.165, 1.54) is 23.1 Å². The van der Waals surface area contributed by atoms with Crippen molar-refractivity contribution < 1.29 is 18.0 Å². The molecule has 3 aromatic rings. The normalized spacial score (nSPS) is 12.0. The average molecular weight is 591 g/mol. The van der Waals surface area contributed by atoms with E-state index in [-0.39, 0.29) is 23.0 Å². The van der Waals surface area contributed by atoms with E-state index < -0.39 is 28.5 Å². The number of carbonyl (C=O) groups is 2. The fraction of sp³-hybridized carbons (Fsp3) is 0.310. The lowest BCUT2D eigenvalue weighted by Crippen LogP contribution is -2.51. The van der Waals surface area contributed by atoms with E-state index in [0.717, 1.165) is 17.1 Å². The second-order valence-electron chi connectivity index (χ2n) is 9.19. The molecule has 3 aromatic carbocycles. The zero-order valence-electron chi connectivity index (χ0n) is 22.2. The Kier molecular flexibility index (Phi) is 10.8. The summed E-state index contributed by atoms with van der Waals surface area (Å²) in [5.41, 5.74) is 1.53. The van der Waals surface area contributed by atoms with Crippen molar-refractivity contribution in [1.82, 2.24) is 10.2 Å². The van der Waals surface area contributed by atoms with Crippen molar-refractivity contribution in [3.8, 4) is 0 Å². The Bertz CT molecular complexity index is 1400. The van der Waals surface area contributed by atoms with Gasteiger partial charge in [-0.1, -0.05) is 79.0 Å². The molecule has 0 heterocycles. The summed E-state index contributed by atoms with van der Waals surface area (Å²) in [4.78, 5) is 28.4. The minimum atomic E-state index is -4.17. The topological polar surface area (TPSA) is 86.8 Å². The smallest absolute Gasteiger partial charge is 0.264 e. The van der Waals surface area contributed by atoms with E-state index in [1.807, 2.05) is 6.92 Å². The second-order valence-corrected chi connectivity index (χ2v) is 11.9. The first kappa shape index (κ1) is 30.5. The van der Waals surface area contributed by atoms with Crippen LogP contribution in [-0.4, -0.2) is 44.3 Å². The SMILES string of the molecule is CCCCNC(=O)[C@@H](C)N(Cc1ccccc1Cl)C(=O)CN(c1cc(Cl)ccc1C)S(=O)(=O)c1ccccc1. The van der Waals surface area contributed by atoms with Gasteiger partial charge in [0.25, 0.3) is 10.0 Å². The maximum absolute atomic E-state index is 14.0. The van der Waals surface area contributed by atoms with Crippen molar-refractivity contribution in [1.29, 1.82) is 0 Å². The molecular weight excluding hydrogens is 557 g/mol. The van der Waals surface area contributed by atoms with Crippen LogP contribution in [0.15, 0.2) is 77.7 Å². The lowest BCUT2D eigenvalue weighted by atomic mass is 10.1. The minimum Gasteiger partial charge on any atom is -0.354 e. The third-order valence-electron chi connectivity index (χ3n) is 6.35. The van der Waals surface area contributed by atoms with Crippen LogP contribution in [0.25, 0.3) is 0 Å². The van der Waals surface area contributed by atoms with Crippen LogP contribution >= 0.6 is 23.2 Å². The number of nitrogens with one attached hydrogen (secondary N) is 1. The molecule has 3 rings (SSSR count). The zero-order chi connectivity index (χ0) is 28.6. The Hall–Kier alpha value is -3.07. The quantitative estimate of drug-likeness (QED) is 0.269. The van der Waals surface area contributed by atoms with E-state index in [0.29, 0.717) is 27.7 Å². The summed E-state index contributed by atoms with van der Waals surface area (Å²) in [6, 6.07) is 18.9. The summed E-state index contributed by atoms with van der Waals surface area (Å²) in [7, 11) is -4.17. The number of halogens is 2. The zero-order valence-corrected chi connectivity index (χ0v) is 24.6. The van der Waals surface area contributed by atoms with Gasteiger partial charge in [-0.2, -0.15) is 0 Å². The van der Waals surface area contributed by atoms with Crippen molar-refractivity contribution in [2.24, 2.45) is 0 Å². The second kappa shape index (κ2) is 13.8. The first-order valence-electron chi connectivity index (χ1n) is 12.7. The molecule has 0 aromatic heterocycles. The molecule has 1 N–H and O–H groups in total. The molecule has 208 valence electrons. The number of carbonyl (C=O) groups excluding carboxylic acids is 2. The Labute approximate surface area is 240 Å². The van der Waals surface area contributed by atoms with E-state index in [4.69, 9.17) is 23.2 Å². The van der Waals surface area contributed by atoms with Gasteiger partial charge in [-0.15, -0.1) is 0 Å². The van der Waals surface area contributed by atoms with Crippen molar-refractivity contribution in [2.45, 2.75) is 51.1 Å². The summed E-state index contributed by atoms with van der Waals surface area (Å²) in [5.74, 6) is -0.896. The van der Waals surface area contributed by atoms with E-state index >= 15 is 0 Å². The molecule has 10 heteroatoms. The number of anilines is 1. The van der Waals surface area contributed by atoms with E-state index in [9.17, 15) is 18.0 Å². The Balaban J connectivity index is 2.04. The molecule has 0 spiro atoms. The van der Waals surface area contributed by atoms with Crippen LogP contribution in [0.2, 0.25) is 10.0 Å². The molecule has 0 aliphatic rings. The fourth-order valence-electron chi connectivity index (χ4n) is 4.01. The highest BCUT2D eigenvalue weighted by molar-refractivity contribution is 7.92. The molecule has 0 saturated heterocycles. The molecule has 0 unspecified atom stereocenters. The van der Waals surface area contributed by atoms with Crippen molar-refractivity contribution >= 4 is 50.7 Å². The standard InChI is InChI=1S/C29H33Cl2N3O4S/c1-4-5-17-32-29(36)22(3)33(19-23-11-9-10-14-26(23)31)28(35)20-34(27-18-24(30)16-15-21(27)2)39(37,38)25-12-7-6-8-13-25/h6-16,18,22H,4-5,17,19-20H2,1-3H3,(H,32,36)/t22-/m1/s1. The van der Waals surface area contributed by atoms with E-state index in [1.54, 1.807) is 68.4 Å². The molecule has 0 radical (unpaired) electrons. The van der Waals surface area contributed by atoms with Gasteiger partial charge in [0.1, 0.15) is 12.6 Å². The van der Waals surface area contributed by atoms with Crippen LogP contribution in [0.5, 0.6) is 0 Å². The number of unbranched alkanes of at least 4 members (excludes halogenated alkanes) is 1. The number of sulfonamides is 1. The van der Waals surface area contributed by atoms with Crippen LogP contribution in [0.1, 0.15) is 37.8 Å². The highest BCUT2D eigenvalue weighted by Crippen LogP contribution is 2.30. The van der Waals surface area contributed by atoms with Gasteiger partial charge < -0.3 is 10.2 Å². The highest BCUT2D eigenvalue weighted by Gasteiger charge is 2.33. The summed E-state index contributed by atoms with van der Waals surface area (Å²) in [6.45, 7) is 5.34. The van der Waals surface area contributed by atoms with Crippen molar-refractivity contribution in [3.63, 3.8) is 0 Å². The maximum Gasteiger partial charge on any atom is 0.264 e. The molecular formula is C29H33Cl2N3O4S.